The van der Waals surface area contributed by atoms with E-state index >= 15 is 0 Å². The number of halogens is 3. The first-order valence-electron chi connectivity index (χ1n) is 9.82. The topological polar surface area (TPSA) is 71.2 Å². The van der Waals surface area contributed by atoms with Crippen LogP contribution in [0.1, 0.15) is 10.8 Å². The SMILES string of the molecule is O=C(O)C(F)(F)F.c1ccc(-c2cnc3n2CC2CN(Cc4nccs4)CC2C3)cc1. The van der Waals surface area contributed by atoms with E-state index in [9.17, 15) is 13.2 Å². The molecule has 31 heavy (non-hydrogen) atoms. The number of thiazole rings is 1. The number of hydrogen-bond acceptors (Lipinski definition) is 5. The van der Waals surface area contributed by atoms with Crippen LogP contribution >= 0.6 is 11.3 Å². The molecule has 5 rings (SSSR count). The van der Waals surface area contributed by atoms with Crippen LogP contribution in [0.2, 0.25) is 0 Å². The Morgan fingerprint density at radius 3 is 2.48 bits per heavy atom. The van der Waals surface area contributed by atoms with E-state index in [0.717, 1.165) is 31.3 Å². The third-order valence-corrected chi connectivity index (χ3v) is 6.37. The smallest absolute Gasteiger partial charge is 0.475 e. The first-order chi connectivity index (χ1) is 14.8. The molecule has 2 aliphatic heterocycles. The van der Waals surface area contributed by atoms with Crippen molar-refractivity contribution < 1.29 is 23.1 Å². The van der Waals surface area contributed by atoms with Gasteiger partial charge >= 0.3 is 12.1 Å². The van der Waals surface area contributed by atoms with E-state index in [1.165, 1.54) is 35.2 Å². The van der Waals surface area contributed by atoms with E-state index in [4.69, 9.17) is 14.9 Å². The predicted molar refractivity (Wildman–Crippen MR) is 109 cm³/mol. The van der Waals surface area contributed by atoms with Gasteiger partial charge in [-0.2, -0.15) is 13.2 Å². The predicted octanol–water partition coefficient (Wildman–Crippen LogP) is 3.94. The maximum atomic E-state index is 10.6. The quantitative estimate of drug-likeness (QED) is 0.655. The molecular formula is C21H21F3N4O2S. The summed E-state index contributed by atoms with van der Waals surface area (Å²) in [6.45, 7) is 4.45. The van der Waals surface area contributed by atoms with Crippen molar-refractivity contribution in [2.24, 2.45) is 11.8 Å². The number of hydrogen-bond donors (Lipinski definition) is 1. The number of aromatic nitrogens is 3. The zero-order chi connectivity index (χ0) is 22.0. The Morgan fingerprint density at radius 1 is 1.13 bits per heavy atom. The second-order valence-electron chi connectivity index (χ2n) is 7.68. The molecule has 0 bridgehead atoms. The number of nitrogens with zero attached hydrogens (tertiary/aromatic N) is 4. The highest BCUT2D eigenvalue weighted by molar-refractivity contribution is 7.09. The number of alkyl halides is 3. The minimum Gasteiger partial charge on any atom is -0.475 e. The van der Waals surface area contributed by atoms with E-state index in [-0.39, 0.29) is 0 Å². The summed E-state index contributed by atoms with van der Waals surface area (Å²) in [5.41, 5.74) is 2.54. The van der Waals surface area contributed by atoms with Gasteiger partial charge in [0.15, 0.2) is 0 Å². The standard InChI is InChI=1S/C19H20N4S.C2HF3O2/c1-2-4-14(5-3-1)17-9-21-18-8-15-10-22(11-16(15)12-23(17)18)13-19-20-6-7-24-19;3-2(4,5)1(6)7/h1-7,9,15-16H,8,10-13H2;(H,6,7). The van der Waals surface area contributed by atoms with Crippen LogP contribution in [-0.2, 0) is 24.3 Å². The molecule has 0 saturated carbocycles. The third-order valence-electron chi connectivity index (χ3n) is 5.61. The molecule has 10 heteroatoms. The van der Waals surface area contributed by atoms with Crippen molar-refractivity contribution in [2.45, 2.75) is 25.7 Å². The van der Waals surface area contributed by atoms with Crippen molar-refractivity contribution in [3.63, 3.8) is 0 Å². The largest absolute Gasteiger partial charge is 0.490 e. The van der Waals surface area contributed by atoms with Gasteiger partial charge in [0.2, 0.25) is 0 Å². The van der Waals surface area contributed by atoms with Gasteiger partial charge in [-0.1, -0.05) is 30.3 Å². The third kappa shape index (κ3) is 4.96. The van der Waals surface area contributed by atoms with E-state index in [0.29, 0.717) is 0 Å². The minimum absolute atomic E-state index is 0.731. The van der Waals surface area contributed by atoms with Gasteiger partial charge in [-0.15, -0.1) is 11.3 Å². The zero-order valence-electron chi connectivity index (χ0n) is 16.5. The molecule has 1 aromatic carbocycles. The molecule has 1 N–H and O–H groups in total. The highest BCUT2D eigenvalue weighted by Gasteiger charge is 2.39. The number of likely N-dealkylation sites (tertiary alicyclic amines) is 1. The molecule has 1 saturated heterocycles. The van der Waals surface area contributed by atoms with Crippen LogP contribution in [0.4, 0.5) is 13.2 Å². The number of imidazole rings is 1. The lowest BCUT2D eigenvalue weighted by atomic mass is 9.89. The lowest BCUT2D eigenvalue weighted by molar-refractivity contribution is -0.192. The van der Waals surface area contributed by atoms with Gasteiger partial charge < -0.3 is 9.67 Å². The van der Waals surface area contributed by atoms with Crippen LogP contribution < -0.4 is 0 Å². The van der Waals surface area contributed by atoms with Gasteiger partial charge in [-0.3, -0.25) is 4.90 Å². The molecule has 0 aliphatic carbocycles. The van der Waals surface area contributed by atoms with Gasteiger partial charge in [0.05, 0.1) is 18.4 Å². The summed E-state index contributed by atoms with van der Waals surface area (Å²) in [6.07, 6.45) is -0.0181. The van der Waals surface area contributed by atoms with Crippen molar-refractivity contribution in [1.82, 2.24) is 19.4 Å². The fraction of sp³-hybridized carbons (Fsp3) is 0.381. The van der Waals surface area contributed by atoms with E-state index in [1.807, 2.05) is 6.20 Å². The van der Waals surface area contributed by atoms with Gasteiger partial charge in [0.25, 0.3) is 0 Å². The Bertz CT molecular complexity index is 1020. The molecule has 2 unspecified atom stereocenters. The molecule has 3 aromatic rings. The lowest BCUT2D eigenvalue weighted by Gasteiger charge is -2.27. The molecule has 2 aliphatic rings. The van der Waals surface area contributed by atoms with Gasteiger partial charge in [0, 0.05) is 37.6 Å². The van der Waals surface area contributed by atoms with Crippen molar-refractivity contribution in [3.05, 3.63) is 58.9 Å². The molecule has 6 nitrogen and oxygen atoms in total. The Morgan fingerprint density at radius 2 is 1.84 bits per heavy atom. The summed E-state index contributed by atoms with van der Waals surface area (Å²) >= 11 is 1.76. The molecule has 2 atom stereocenters. The van der Waals surface area contributed by atoms with Crippen LogP contribution in [0.25, 0.3) is 11.3 Å². The molecule has 1 fully saturated rings. The Balaban J connectivity index is 0.000000289. The summed E-state index contributed by atoms with van der Waals surface area (Å²) in [5, 5.41) is 10.4. The molecule has 0 radical (unpaired) electrons. The maximum Gasteiger partial charge on any atom is 0.490 e. The average Bonchev–Trinajstić information content (AvgIpc) is 3.46. The molecule has 2 aromatic heterocycles. The van der Waals surface area contributed by atoms with E-state index in [1.54, 1.807) is 11.3 Å². The average molecular weight is 450 g/mol. The van der Waals surface area contributed by atoms with Crippen LogP contribution in [0, 0.1) is 11.8 Å². The highest BCUT2D eigenvalue weighted by Crippen LogP contribution is 2.35. The van der Waals surface area contributed by atoms with Crippen molar-refractivity contribution in [3.8, 4) is 11.3 Å². The zero-order valence-corrected chi connectivity index (χ0v) is 17.3. The van der Waals surface area contributed by atoms with Crippen molar-refractivity contribution >= 4 is 17.3 Å². The second kappa shape index (κ2) is 8.80. The van der Waals surface area contributed by atoms with Crippen LogP contribution in [-0.4, -0.2) is 49.8 Å². The van der Waals surface area contributed by atoms with Gasteiger partial charge in [-0.25, -0.2) is 14.8 Å². The number of carboxylic acids is 1. The number of fused-ring (bicyclic) bond motifs is 2. The summed E-state index contributed by atoms with van der Waals surface area (Å²) in [4.78, 5) is 20.6. The number of carboxylic acid groups (broad SMARTS) is 1. The fourth-order valence-electron chi connectivity index (χ4n) is 4.21. The number of rotatable bonds is 3. The number of benzene rings is 1. The van der Waals surface area contributed by atoms with Gasteiger partial charge in [-0.05, 0) is 17.4 Å². The van der Waals surface area contributed by atoms with Crippen LogP contribution in [0.15, 0.2) is 48.1 Å². The van der Waals surface area contributed by atoms with Crippen molar-refractivity contribution in [1.29, 1.82) is 0 Å². The summed E-state index contributed by atoms with van der Waals surface area (Å²) < 4.78 is 34.2. The van der Waals surface area contributed by atoms with Crippen LogP contribution in [0.5, 0.6) is 0 Å². The Labute approximate surface area is 181 Å². The molecular weight excluding hydrogens is 429 g/mol. The first kappa shape index (κ1) is 21.5. The Hall–Kier alpha value is -2.72. The molecule has 164 valence electrons. The van der Waals surface area contributed by atoms with E-state index in [2.05, 4.69) is 56.4 Å². The monoisotopic (exact) mass is 450 g/mol. The van der Waals surface area contributed by atoms with Crippen molar-refractivity contribution in [2.75, 3.05) is 13.1 Å². The number of aliphatic carboxylic acids is 1. The number of carbonyl (C=O) groups is 1. The summed E-state index contributed by atoms with van der Waals surface area (Å²) in [5.74, 6) is -0.0312. The molecule has 0 amide bonds. The maximum absolute atomic E-state index is 10.6. The Kier molecular flexibility index (Phi) is 6.10. The normalized spacial score (nSPS) is 20.5. The highest BCUT2D eigenvalue weighted by atomic mass is 32.1. The lowest BCUT2D eigenvalue weighted by Crippen LogP contribution is -2.28. The fourth-order valence-corrected chi connectivity index (χ4v) is 4.87. The van der Waals surface area contributed by atoms with Gasteiger partial charge in [0.1, 0.15) is 10.8 Å². The first-order valence-corrected chi connectivity index (χ1v) is 10.7. The van der Waals surface area contributed by atoms with Crippen LogP contribution in [0.3, 0.4) is 0 Å². The molecule has 4 heterocycles. The molecule has 0 spiro atoms. The minimum atomic E-state index is -5.08. The second-order valence-corrected chi connectivity index (χ2v) is 8.66. The summed E-state index contributed by atoms with van der Waals surface area (Å²) in [7, 11) is 0. The van der Waals surface area contributed by atoms with E-state index < -0.39 is 12.1 Å². The summed E-state index contributed by atoms with van der Waals surface area (Å²) in [6, 6.07) is 10.6.